The molecule has 0 spiro atoms. The lowest BCUT2D eigenvalue weighted by Crippen LogP contribution is -2.07. The zero-order valence-corrected chi connectivity index (χ0v) is 11.7. The molecule has 3 nitrogen and oxygen atoms in total. The highest BCUT2D eigenvalue weighted by atomic mass is 19.1. The maximum atomic E-state index is 13.8. The van der Waals surface area contributed by atoms with E-state index >= 15 is 0 Å². The van der Waals surface area contributed by atoms with Crippen LogP contribution in [0, 0.1) is 5.82 Å². The summed E-state index contributed by atoms with van der Waals surface area (Å²) in [6.45, 7) is 0.867. The topological polar surface area (TPSA) is 30.5 Å². The van der Waals surface area contributed by atoms with E-state index in [4.69, 9.17) is 9.47 Å². The van der Waals surface area contributed by atoms with E-state index in [-0.39, 0.29) is 12.4 Å². The normalized spacial score (nSPS) is 10.3. The van der Waals surface area contributed by atoms with Crippen molar-refractivity contribution >= 4 is 0 Å². The van der Waals surface area contributed by atoms with E-state index in [1.54, 1.807) is 25.3 Å². The van der Waals surface area contributed by atoms with Crippen LogP contribution in [0.3, 0.4) is 0 Å². The van der Waals surface area contributed by atoms with E-state index in [0.29, 0.717) is 23.6 Å². The molecule has 0 bridgehead atoms. The SMILES string of the molecule is CNCc1ccc(F)c(COc2ccccc2OC)c1. The first-order valence-corrected chi connectivity index (χ1v) is 6.42. The summed E-state index contributed by atoms with van der Waals surface area (Å²) < 4.78 is 24.6. The third-order valence-electron chi connectivity index (χ3n) is 2.94. The first-order chi connectivity index (χ1) is 9.74. The summed E-state index contributed by atoms with van der Waals surface area (Å²) in [6, 6.07) is 12.4. The molecular formula is C16H18FNO2. The molecule has 0 aliphatic carbocycles. The van der Waals surface area contributed by atoms with Gasteiger partial charge in [0.05, 0.1) is 7.11 Å². The van der Waals surface area contributed by atoms with Gasteiger partial charge in [0.25, 0.3) is 0 Å². The summed E-state index contributed by atoms with van der Waals surface area (Å²) >= 11 is 0. The van der Waals surface area contributed by atoms with E-state index in [9.17, 15) is 4.39 Å². The number of hydrogen-bond acceptors (Lipinski definition) is 3. The number of rotatable bonds is 6. The van der Waals surface area contributed by atoms with Crippen LogP contribution in [0.15, 0.2) is 42.5 Å². The fourth-order valence-electron chi connectivity index (χ4n) is 1.95. The van der Waals surface area contributed by atoms with Gasteiger partial charge < -0.3 is 14.8 Å². The molecule has 0 unspecified atom stereocenters. The van der Waals surface area contributed by atoms with Crippen molar-refractivity contribution < 1.29 is 13.9 Å². The van der Waals surface area contributed by atoms with Gasteiger partial charge >= 0.3 is 0 Å². The Hall–Kier alpha value is -2.07. The second kappa shape index (κ2) is 6.91. The van der Waals surface area contributed by atoms with Crippen molar-refractivity contribution in [1.29, 1.82) is 0 Å². The lowest BCUT2D eigenvalue weighted by molar-refractivity contribution is 0.279. The molecule has 0 saturated heterocycles. The summed E-state index contributed by atoms with van der Waals surface area (Å²) in [4.78, 5) is 0. The highest BCUT2D eigenvalue weighted by molar-refractivity contribution is 5.39. The molecule has 106 valence electrons. The Balaban J connectivity index is 2.12. The quantitative estimate of drug-likeness (QED) is 0.878. The van der Waals surface area contributed by atoms with Crippen LogP contribution < -0.4 is 14.8 Å². The summed E-state index contributed by atoms with van der Waals surface area (Å²) in [5.41, 5.74) is 1.55. The first kappa shape index (κ1) is 14.3. The number of methoxy groups -OCH3 is 1. The van der Waals surface area contributed by atoms with Gasteiger partial charge in [-0.2, -0.15) is 0 Å². The van der Waals surface area contributed by atoms with Crippen LogP contribution in [0.5, 0.6) is 11.5 Å². The maximum absolute atomic E-state index is 13.8. The standard InChI is InChI=1S/C16H18FNO2/c1-18-10-12-7-8-14(17)13(9-12)11-20-16-6-4-3-5-15(16)19-2/h3-9,18H,10-11H2,1-2H3. The fourth-order valence-corrected chi connectivity index (χ4v) is 1.95. The van der Waals surface area contributed by atoms with Crippen molar-refractivity contribution in [2.24, 2.45) is 0 Å². The molecule has 2 rings (SSSR count). The van der Waals surface area contributed by atoms with Crippen LogP contribution in [0.1, 0.15) is 11.1 Å². The second-order valence-electron chi connectivity index (χ2n) is 4.40. The molecule has 20 heavy (non-hydrogen) atoms. The van der Waals surface area contributed by atoms with E-state index in [1.807, 2.05) is 25.2 Å². The predicted octanol–water partition coefficient (Wildman–Crippen LogP) is 3.13. The Morgan fingerprint density at radius 1 is 1.10 bits per heavy atom. The van der Waals surface area contributed by atoms with Crippen molar-refractivity contribution in [3.05, 3.63) is 59.4 Å². The average molecular weight is 275 g/mol. The third-order valence-corrected chi connectivity index (χ3v) is 2.94. The highest BCUT2D eigenvalue weighted by Crippen LogP contribution is 2.27. The van der Waals surface area contributed by atoms with Crippen LogP contribution in [0.4, 0.5) is 4.39 Å². The summed E-state index contributed by atoms with van der Waals surface area (Å²) in [7, 11) is 3.44. The summed E-state index contributed by atoms with van der Waals surface area (Å²) in [5, 5.41) is 3.04. The van der Waals surface area contributed by atoms with Crippen molar-refractivity contribution in [2.75, 3.05) is 14.2 Å². The average Bonchev–Trinajstić information content (AvgIpc) is 2.48. The maximum Gasteiger partial charge on any atom is 0.161 e. The van der Waals surface area contributed by atoms with Gasteiger partial charge in [-0.25, -0.2) is 4.39 Å². The Bertz CT molecular complexity index is 572. The molecule has 0 aliphatic rings. The fraction of sp³-hybridized carbons (Fsp3) is 0.250. The lowest BCUT2D eigenvalue weighted by Gasteiger charge is -2.11. The molecule has 1 N–H and O–H groups in total. The number of para-hydroxylation sites is 2. The minimum atomic E-state index is -0.264. The molecule has 4 heteroatoms. The van der Waals surface area contributed by atoms with E-state index in [1.165, 1.54) is 6.07 Å². The second-order valence-corrected chi connectivity index (χ2v) is 4.40. The van der Waals surface area contributed by atoms with Gasteiger partial charge in [-0.3, -0.25) is 0 Å². The van der Waals surface area contributed by atoms with Crippen LogP contribution >= 0.6 is 0 Å². The van der Waals surface area contributed by atoms with E-state index < -0.39 is 0 Å². The number of ether oxygens (including phenoxy) is 2. The molecule has 0 aromatic heterocycles. The van der Waals surface area contributed by atoms with E-state index in [0.717, 1.165) is 5.56 Å². The molecule has 2 aromatic carbocycles. The monoisotopic (exact) mass is 275 g/mol. The molecule has 0 fully saturated rings. The molecule has 0 amide bonds. The minimum Gasteiger partial charge on any atom is -0.493 e. The zero-order valence-electron chi connectivity index (χ0n) is 11.7. The Kier molecular flexibility index (Phi) is 4.96. The predicted molar refractivity (Wildman–Crippen MR) is 76.5 cm³/mol. The summed E-state index contributed by atoms with van der Waals surface area (Å²) in [6.07, 6.45) is 0. The van der Waals surface area contributed by atoms with Crippen molar-refractivity contribution in [3.63, 3.8) is 0 Å². The van der Waals surface area contributed by atoms with Gasteiger partial charge in [-0.05, 0) is 36.9 Å². The summed E-state index contributed by atoms with van der Waals surface area (Å²) in [5.74, 6) is 0.979. The molecule has 0 radical (unpaired) electrons. The van der Waals surface area contributed by atoms with Crippen LogP contribution in [-0.4, -0.2) is 14.2 Å². The molecule has 0 saturated carbocycles. The van der Waals surface area contributed by atoms with Crippen LogP contribution in [-0.2, 0) is 13.2 Å². The number of benzene rings is 2. The van der Waals surface area contributed by atoms with Crippen molar-refractivity contribution in [2.45, 2.75) is 13.2 Å². The smallest absolute Gasteiger partial charge is 0.161 e. The molecule has 0 aliphatic heterocycles. The highest BCUT2D eigenvalue weighted by Gasteiger charge is 2.07. The first-order valence-electron chi connectivity index (χ1n) is 6.42. The van der Waals surface area contributed by atoms with Gasteiger partial charge in [0, 0.05) is 12.1 Å². The number of halogens is 1. The Morgan fingerprint density at radius 3 is 2.55 bits per heavy atom. The van der Waals surface area contributed by atoms with Gasteiger partial charge in [-0.1, -0.05) is 18.2 Å². The van der Waals surface area contributed by atoms with Crippen molar-refractivity contribution in [3.8, 4) is 11.5 Å². The Labute approximate surface area is 118 Å². The Morgan fingerprint density at radius 2 is 1.85 bits per heavy atom. The third kappa shape index (κ3) is 3.48. The molecule has 0 atom stereocenters. The van der Waals surface area contributed by atoms with Crippen LogP contribution in [0.2, 0.25) is 0 Å². The largest absolute Gasteiger partial charge is 0.493 e. The van der Waals surface area contributed by atoms with Gasteiger partial charge in [0.2, 0.25) is 0 Å². The number of nitrogens with one attached hydrogen (secondary N) is 1. The van der Waals surface area contributed by atoms with Crippen molar-refractivity contribution in [1.82, 2.24) is 5.32 Å². The molecule has 2 aromatic rings. The van der Waals surface area contributed by atoms with E-state index in [2.05, 4.69) is 5.32 Å². The molecule has 0 heterocycles. The minimum absolute atomic E-state index is 0.170. The van der Waals surface area contributed by atoms with Gasteiger partial charge in [0.1, 0.15) is 12.4 Å². The van der Waals surface area contributed by atoms with Gasteiger partial charge in [0.15, 0.2) is 11.5 Å². The lowest BCUT2D eigenvalue weighted by atomic mass is 10.1. The van der Waals surface area contributed by atoms with Crippen LogP contribution in [0.25, 0.3) is 0 Å². The van der Waals surface area contributed by atoms with Gasteiger partial charge in [-0.15, -0.1) is 0 Å². The number of hydrogen-bond donors (Lipinski definition) is 1. The zero-order chi connectivity index (χ0) is 14.4. The molecular weight excluding hydrogens is 257 g/mol.